The predicted molar refractivity (Wildman–Crippen MR) is 68.3 cm³/mol. The number of amides is 1. The SMILES string of the molecule is COC(=O)CCCNC(=O)c1csc(C(C)N)n1. The van der Waals surface area contributed by atoms with E-state index < -0.39 is 0 Å². The van der Waals surface area contributed by atoms with Gasteiger partial charge in [-0.25, -0.2) is 4.98 Å². The Labute approximate surface area is 110 Å². The highest BCUT2D eigenvalue weighted by Crippen LogP contribution is 2.15. The fraction of sp³-hybridized carbons (Fsp3) is 0.545. The number of rotatable bonds is 6. The van der Waals surface area contributed by atoms with Crippen LogP contribution >= 0.6 is 11.3 Å². The van der Waals surface area contributed by atoms with Crippen LogP contribution in [0.2, 0.25) is 0 Å². The Morgan fingerprint density at radius 1 is 1.61 bits per heavy atom. The number of carbonyl (C=O) groups excluding carboxylic acids is 2. The van der Waals surface area contributed by atoms with Gasteiger partial charge in [0.1, 0.15) is 10.7 Å². The van der Waals surface area contributed by atoms with Crippen LogP contribution in [-0.2, 0) is 9.53 Å². The van der Waals surface area contributed by atoms with Crippen LogP contribution in [0.3, 0.4) is 0 Å². The van der Waals surface area contributed by atoms with Crippen molar-refractivity contribution in [2.75, 3.05) is 13.7 Å². The fourth-order valence-corrected chi connectivity index (χ4v) is 1.99. The number of hydrogen-bond acceptors (Lipinski definition) is 6. The van der Waals surface area contributed by atoms with Crippen LogP contribution in [0.5, 0.6) is 0 Å². The van der Waals surface area contributed by atoms with Crippen LogP contribution in [0.25, 0.3) is 0 Å². The number of thiazole rings is 1. The van der Waals surface area contributed by atoms with Crippen molar-refractivity contribution in [3.63, 3.8) is 0 Å². The molecule has 0 aromatic carbocycles. The molecule has 100 valence electrons. The summed E-state index contributed by atoms with van der Waals surface area (Å²) in [5.41, 5.74) is 6.03. The van der Waals surface area contributed by atoms with E-state index >= 15 is 0 Å². The van der Waals surface area contributed by atoms with Gasteiger partial charge in [-0.15, -0.1) is 11.3 Å². The number of nitrogens with two attached hydrogens (primary N) is 1. The Morgan fingerprint density at radius 3 is 2.89 bits per heavy atom. The first-order valence-corrected chi connectivity index (χ1v) is 6.48. The van der Waals surface area contributed by atoms with Gasteiger partial charge >= 0.3 is 5.97 Å². The number of carbonyl (C=O) groups is 2. The zero-order valence-electron chi connectivity index (χ0n) is 10.4. The minimum Gasteiger partial charge on any atom is -0.469 e. The van der Waals surface area contributed by atoms with Crippen molar-refractivity contribution >= 4 is 23.2 Å². The van der Waals surface area contributed by atoms with Crippen molar-refractivity contribution in [2.24, 2.45) is 5.73 Å². The maximum Gasteiger partial charge on any atom is 0.305 e. The van der Waals surface area contributed by atoms with E-state index in [0.29, 0.717) is 25.1 Å². The summed E-state index contributed by atoms with van der Waals surface area (Å²) in [6.07, 6.45) is 0.835. The zero-order chi connectivity index (χ0) is 13.5. The van der Waals surface area contributed by atoms with E-state index in [9.17, 15) is 9.59 Å². The molecule has 1 heterocycles. The lowest BCUT2D eigenvalue weighted by Crippen LogP contribution is -2.25. The van der Waals surface area contributed by atoms with E-state index in [-0.39, 0.29) is 17.9 Å². The van der Waals surface area contributed by atoms with E-state index in [1.54, 1.807) is 5.38 Å². The quantitative estimate of drug-likeness (QED) is 0.590. The second kappa shape index (κ2) is 7.07. The summed E-state index contributed by atoms with van der Waals surface area (Å²) in [6, 6.07) is -0.170. The molecule has 1 atom stereocenters. The molecule has 1 amide bonds. The normalized spacial score (nSPS) is 11.9. The summed E-state index contributed by atoms with van der Waals surface area (Å²) in [5.74, 6) is -0.528. The third-order valence-electron chi connectivity index (χ3n) is 2.22. The summed E-state index contributed by atoms with van der Waals surface area (Å²) in [4.78, 5) is 26.6. The van der Waals surface area contributed by atoms with Crippen molar-refractivity contribution in [2.45, 2.75) is 25.8 Å². The maximum absolute atomic E-state index is 11.7. The lowest BCUT2D eigenvalue weighted by molar-refractivity contribution is -0.140. The monoisotopic (exact) mass is 271 g/mol. The summed E-state index contributed by atoms with van der Waals surface area (Å²) < 4.78 is 4.50. The number of nitrogens with one attached hydrogen (secondary N) is 1. The Hall–Kier alpha value is -1.47. The van der Waals surface area contributed by atoms with Gasteiger partial charge in [0.25, 0.3) is 5.91 Å². The summed E-state index contributed by atoms with van der Waals surface area (Å²) in [6.45, 7) is 2.23. The van der Waals surface area contributed by atoms with Crippen LogP contribution in [0.1, 0.15) is 41.3 Å². The highest BCUT2D eigenvalue weighted by Gasteiger charge is 2.12. The molecule has 0 radical (unpaired) electrons. The number of nitrogens with zero attached hydrogens (tertiary/aromatic N) is 1. The molecule has 0 fully saturated rings. The van der Waals surface area contributed by atoms with E-state index in [0.717, 1.165) is 5.01 Å². The number of hydrogen-bond donors (Lipinski definition) is 2. The van der Waals surface area contributed by atoms with Gasteiger partial charge < -0.3 is 15.8 Å². The van der Waals surface area contributed by atoms with Gasteiger partial charge in [0, 0.05) is 18.3 Å². The second-order valence-electron chi connectivity index (χ2n) is 3.80. The molecule has 6 nitrogen and oxygen atoms in total. The van der Waals surface area contributed by atoms with Crippen LogP contribution in [0, 0.1) is 0 Å². The molecule has 1 aromatic heterocycles. The molecule has 0 aliphatic carbocycles. The smallest absolute Gasteiger partial charge is 0.305 e. The van der Waals surface area contributed by atoms with Crippen molar-refractivity contribution in [3.8, 4) is 0 Å². The highest BCUT2D eigenvalue weighted by molar-refractivity contribution is 7.09. The highest BCUT2D eigenvalue weighted by atomic mass is 32.1. The summed E-state index contributed by atoms with van der Waals surface area (Å²) in [7, 11) is 1.34. The molecular formula is C11H17N3O3S. The first-order chi connectivity index (χ1) is 8.54. The molecule has 0 spiro atoms. The lowest BCUT2D eigenvalue weighted by atomic mass is 10.3. The number of ether oxygens (including phenoxy) is 1. The Morgan fingerprint density at radius 2 is 2.33 bits per heavy atom. The third-order valence-corrected chi connectivity index (χ3v) is 3.26. The van der Waals surface area contributed by atoms with Crippen molar-refractivity contribution in [1.82, 2.24) is 10.3 Å². The maximum atomic E-state index is 11.7. The van der Waals surface area contributed by atoms with Gasteiger partial charge in [0.2, 0.25) is 0 Å². The lowest BCUT2D eigenvalue weighted by Gasteiger charge is -2.02. The van der Waals surface area contributed by atoms with Crippen LogP contribution < -0.4 is 11.1 Å². The van der Waals surface area contributed by atoms with Gasteiger partial charge in [0.05, 0.1) is 13.2 Å². The minimum absolute atomic E-state index is 0.170. The molecule has 1 rings (SSSR count). The summed E-state index contributed by atoms with van der Waals surface area (Å²) >= 11 is 1.36. The van der Waals surface area contributed by atoms with Crippen molar-refractivity contribution in [3.05, 3.63) is 16.1 Å². The van der Waals surface area contributed by atoms with E-state index in [2.05, 4.69) is 15.0 Å². The summed E-state index contributed by atoms with van der Waals surface area (Å²) in [5, 5.41) is 5.09. The topological polar surface area (TPSA) is 94.3 Å². The first kappa shape index (κ1) is 14.6. The predicted octanol–water partition coefficient (Wildman–Crippen LogP) is 0.846. The molecule has 0 saturated carbocycles. The Balaban J connectivity index is 2.34. The van der Waals surface area contributed by atoms with Gasteiger partial charge in [0.15, 0.2) is 0 Å². The van der Waals surface area contributed by atoms with Crippen LogP contribution in [0.15, 0.2) is 5.38 Å². The van der Waals surface area contributed by atoms with E-state index in [4.69, 9.17) is 5.73 Å². The average Bonchev–Trinajstić information content (AvgIpc) is 2.83. The molecule has 3 N–H and O–H groups in total. The second-order valence-corrected chi connectivity index (χ2v) is 4.68. The van der Waals surface area contributed by atoms with Gasteiger partial charge in [-0.1, -0.05) is 0 Å². The molecular weight excluding hydrogens is 254 g/mol. The number of aromatic nitrogens is 1. The Kier molecular flexibility index (Phi) is 5.73. The molecule has 0 saturated heterocycles. The van der Waals surface area contributed by atoms with Crippen LogP contribution in [0.4, 0.5) is 0 Å². The molecule has 1 unspecified atom stereocenters. The van der Waals surface area contributed by atoms with Crippen molar-refractivity contribution < 1.29 is 14.3 Å². The van der Waals surface area contributed by atoms with Crippen LogP contribution in [-0.4, -0.2) is 30.5 Å². The van der Waals surface area contributed by atoms with Crippen molar-refractivity contribution in [1.29, 1.82) is 0 Å². The Bertz CT molecular complexity index is 417. The molecule has 0 aliphatic rings. The van der Waals surface area contributed by atoms with E-state index in [1.807, 2.05) is 6.92 Å². The largest absolute Gasteiger partial charge is 0.469 e. The third kappa shape index (κ3) is 4.42. The molecule has 1 aromatic rings. The van der Waals surface area contributed by atoms with Gasteiger partial charge in [-0.05, 0) is 13.3 Å². The first-order valence-electron chi connectivity index (χ1n) is 5.60. The number of esters is 1. The minimum atomic E-state index is -0.280. The van der Waals surface area contributed by atoms with E-state index in [1.165, 1.54) is 18.4 Å². The molecule has 0 aliphatic heterocycles. The number of methoxy groups -OCH3 is 1. The standard InChI is InChI=1S/C11H17N3O3S/c1-7(12)11-14-8(6-18-11)10(16)13-5-3-4-9(15)17-2/h6-7H,3-5,12H2,1-2H3,(H,13,16). The molecule has 7 heteroatoms. The molecule has 18 heavy (non-hydrogen) atoms. The average molecular weight is 271 g/mol. The van der Waals surface area contributed by atoms with Gasteiger partial charge in [-0.2, -0.15) is 0 Å². The van der Waals surface area contributed by atoms with Gasteiger partial charge in [-0.3, -0.25) is 9.59 Å². The fourth-order valence-electron chi connectivity index (χ4n) is 1.23. The zero-order valence-corrected chi connectivity index (χ0v) is 11.3. The molecule has 0 bridgehead atoms.